The van der Waals surface area contributed by atoms with Crippen molar-refractivity contribution < 1.29 is 19.5 Å². The summed E-state index contributed by atoms with van der Waals surface area (Å²) in [5.74, 6) is -1.42. The van der Waals surface area contributed by atoms with Gasteiger partial charge in [0.25, 0.3) is 0 Å². The smallest absolute Gasteiger partial charge is 0.325 e. The number of amides is 1. The Balaban J connectivity index is 2.33. The molecule has 0 heterocycles. The van der Waals surface area contributed by atoms with Crippen LogP contribution in [-0.4, -0.2) is 40.3 Å². The Morgan fingerprint density at radius 3 is 2.40 bits per heavy atom. The zero-order valence-corrected chi connectivity index (χ0v) is 12.3. The van der Waals surface area contributed by atoms with Crippen LogP contribution >= 0.6 is 23.4 Å². The standard InChI is InChI=1S/C13H14ClNO4S/c1-8(13(18)19)15-12(17)7-20-6-11(16)9-2-4-10(14)5-3-9/h2-5,8H,6-7H2,1H3,(H,15,17)(H,18,19). The number of hydrogen-bond donors (Lipinski definition) is 2. The van der Waals surface area contributed by atoms with Gasteiger partial charge in [-0.05, 0) is 31.2 Å². The minimum Gasteiger partial charge on any atom is -0.480 e. The van der Waals surface area contributed by atoms with Crippen LogP contribution in [-0.2, 0) is 9.59 Å². The average Bonchev–Trinajstić information content (AvgIpc) is 2.39. The van der Waals surface area contributed by atoms with Crippen molar-refractivity contribution in [2.75, 3.05) is 11.5 Å². The van der Waals surface area contributed by atoms with Crippen molar-refractivity contribution in [3.8, 4) is 0 Å². The number of halogens is 1. The molecule has 5 nitrogen and oxygen atoms in total. The summed E-state index contributed by atoms with van der Waals surface area (Å²) in [6.07, 6.45) is 0. The van der Waals surface area contributed by atoms with Gasteiger partial charge in [0.1, 0.15) is 6.04 Å². The Kier molecular flexibility index (Phi) is 6.54. The van der Waals surface area contributed by atoms with Gasteiger partial charge in [-0.1, -0.05) is 11.6 Å². The molecule has 2 N–H and O–H groups in total. The highest BCUT2D eigenvalue weighted by Gasteiger charge is 2.14. The number of hydrogen-bond acceptors (Lipinski definition) is 4. The van der Waals surface area contributed by atoms with Gasteiger partial charge in [0.15, 0.2) is 5.78 Å². The van der Waals surface area contributed by atoms with Crippen LogP contribution in [0.25, 0.3) is 0 Å². The first-order chi connectivity index (χ1) is 9.40. The van der Waals surface area contributed by atoms with Crippen LogP contribution < -0.4 is 5.32 Å². The maximum absolute atomic E-state index is 11.8. The van der Waals surface area contributed by atoms with Crippen molar-refractivity contribution in [2.24, 2.45) is 0 Å². The first kappa shape index (κ1) is 16.5. The monoisotopic (exact) mass is 315 g/mol. The molecule has 1 aromatic rings. The molecule has 0 spiro atoms. The molecule has 20 heavy (non-hydrogen) atoms. The molecule has 0 aromatic heterocycles. The number of carbonyl (C=O) groups is 3. The number of carboxylic acids is 1. The normalized spacial score (nSPS) is 11.7. The van der Waals surface area contributed by atoms with E-state index in [0.717, 1.165) is 11.8 Å². The second-order valence-electron chi connectivity index (χ2n) is 4.05. The molecule has 1 unspecified atom stereocenters. The van der Waals surface area contributed by atoms with E-state index in [1.165, 1.54) is 6.92 Å². The largest absolute Gasteiger partial charge is 0.480 e. The highest BCUT2D eigenvalue weighted by Crippen LogP contribution is 2.12. The predicted molar refractivity (Wildman–Crippen MR) is 78.3 cm³/mol. The van der Waals surface area contributed by atoms with Gasteiger partial charge in [-0.15, -0.1) is 11.8 Å². The van der Waals surface area contributed by atoms with Gasteiger partial charge >= 0.3 is 5.97 Å². The molecule has 0 aliphatic rings. The summed E-state index contributed by atoms with van der Waals surface area (Å²) in [6, 6.07) is 5.56. The zero-order chi connectivity index (χ0) is 15.1. The van der Waals surface area contributed by atoms with E-state index >= 15 is 0 Å². The summed E-state index contributed by atoms with van der Waals surface area (Å²) in [5.41, 5.74) is 0.529. The van der Waals surface area contributed by atoms with Crippen LogP contribution in [0.3, 0.4) is 0 Å². The summed E-state index contributed by atoms with van der Waals surface area (Å²) < 4.78 is 0. The Morgan fingerprint density at radius 2 is 1.85 bits per heavy atom. The molecular formula is C13H14ClNO4S. The fraction of sp³-hybridized carbons (Fsp3) is 0.308. The topological polar surface area (TPSA) is 83.5 Å². The molecule has 0 radical (unpaired) electrons. The maximum Gasteiger partial charge on any atom is 0.325 e. The lowest BCUT2D eigenvalue weighted by Crippen LogP contribution is -2.39. The van der Waals surface area contributed by atoms with E-state index in [9.17, 15) is 14.4 Å². The van der Waals surface area contributed by atoms with Crippen LogP contribution in [0.5, 0.6) is 0 Å². The third kappa shape index (κ3) is 5.63. The van der Waals surface area contributed by atoms with E-state index in [0.29, 0.717) is 10.6 Å². The fourth-order valence-corrected chi connectivity index (χ4v) is 2.15. The van der Waals surface area contributed by atoms with Crippen LogP contribution in [0.2, 0.25) is 5.02 Å². The number of nitrogens with one attached hydrogen (secondary N) is 1. The minimum absolute atomic E-state index is 0.0386. The SMILES string of the molecule is CC(NC(=O)CSCC(=O)c1ccc(Cl)cc1)C(=O)O. The highest BCUT2D eigenvalue weighted by molar-refractivity contribution is 8.00. The summed E-state index contributed by atoms with van der Waals surface area (Å²) in [4.78, 5) is 33.7. The molecule has 0 aliphatic carbocycles. The van der Waals surface area contributed by atoms with E-state index in [1.54, 1.807) is 24.3 Å². The molecule has 0 aliphatic heterocycles. The Morgan fingerprint density at radius 1 is 1.25 bits per heavy atom. The van der Waals surface area contributed by atoms with E-state index in [2.05, 4.69) is 5.32 Å². The molecule has 0 saturated heterocycles. The molecule has 108 valence electrons. The third-order valence-electron chi connectivity index (χ3n) is 2.38. The lowest BCUT2D eigenvalue weighted by molar-refractivity contribution is -0.140. The Hall–Kier alpha value is -1.53. The number of rotatable bonds is 7. The van der Waals surface area contributed by atoms with Gasteiger partial charge in [0.05, 0.1) is 11.5 Å². The van der Waals surface area contributed by atoms with Gasteiger partial charge in [0.2, 0.25) is 5.91 Å². The quantitative estimate of drug-likeness (QED) is 0.750. The van der Waals surface area contributed by atoms with Gasteiger partial charge in [-0.3, -0.25) is 14.4 Å². The third-order valence-corrected chi connectivity index (χ3v) is 3.57. The summed E-state index contributed by atoms with van der Waals surface area (Å²) >= 11 is 6.85. The lowest BCUT2D eigenvalue weighted by Gasteiger charge is -2.08. The number of Topliss-reactive ketones (excluding diaryl/α,β-unsaturated/α-hetero) is 1. The van der Waals surface area contributed by atoms with Crippen molar-refractivity contribution in [2.45, 2.75) is 13.0 Å². The molecule has 7 heteroatoms. The Labute approximate surface area is 125 Å². The Bertz CT molecular complexity index is 504. The molecular weight excluding hydrogens is 302 g/mol. The molecule has 1 atom stereocenters. The van der Waals surface area contributed by atoms with Gasteiger partial charge in [-0.25, -0.2) is 0 Å². The van der Waals surface area contributed by atoms with Gasteiger partial charge < -0.3 is 10.4 Å². The molecule has 0 fully saturated rings. The molecule has 1 rings (SSSR count). The summed E-state index contributed by atoms with van der Waals surface area (Å²) in [6.45, 7) is 1.38. The summed E-state index contributed by atoms with van der Waals surface area (Å²) in [5, 5.41) is 11.5. The van der Waals surface area contributed by atoms with Crippen molar-refractivity contribution in [1.29, 1.82) is 0 Å². The molecule has 1 aromatic carbocycles. The maximum atomic E-state index is 11.8. The fourth-order valence-electron chi connectivity index (χ4n) is 1.30. The summed E-state index contributed by atoms with van der Waals surface area (Å²) in [7, 11) is 0. The number of aliphatic carboxylic acids is 1. The van der Waals surface area contributed by atoms with E-state index in [1.807, 2.05) is 0 Å². The molecule has 0 saturated carbocycles. The molecule has 0 bridgehead atoms. The van der Waals surface area contributed by atoms with Crippen LogP contribution in [0.1, 0.15) is 17.3 Å². The van der Waals surface area contributed by atoms with Crippen LogP contribution in [0.4, 0.5) is 0 Å². The zero-order valence-electron chi connectivity index (χ0n) is 10.8. The number of ketones is 1. The number of thioether (sulfide) groups is 1. The van der Waals surface area contributed by atoms with Crippen molar-refractivity contribution in [3.63, 3.8) is 0 Å². The number of carbonyl (C=O) groups excluding carboxylic acids is 2. The second-order valence-corrected chi connectivity index (χ2v) is 5.47. The molecule has 1 amide bonds. The van der Waals surface area contributed by atoms with Crippen molar-refractivity contribution >= 4 is 41.0 Å². The van der Waals surface area contributed by atoms with Gasteiger partial charge in [0, 0.05) is 10.6 Å². The van der Waals surface area contributed by atoms with Crippen molar-refractivity contribution in [3.05, 3.63) is 34.9 Å². The minimum atomic E-state index is -1.10. The first-order valence-corrected chi connectivity index (χ1v) is 7.32. The average molecular weight is 316 g/mol. The second kappa shape index (κ2) is 7.91. The first-order valence-electron chi connectivity index (χ1n) is 5.79. The lowest BCUT2D eigenvalue weighted by atomic mass is 10.1. The van der Waals surface area contributed by atoms with Crippen LogP contribution in [0, 0.1) is 0 Å². The van der Waals surface area contributed by atoms with Gasteiger partial charge in [-0.2, -0.15) is 0 Å². The van der Waals surface area contributed by atoms with Crippen LogP contribution in [0.15, 0.2) is 24.3 Å². The van der Waals surface area contributed by atoms with E-state index in [4.69, 9.17) is 16.7 Å². The van der Waals surface area contributed by atoms with E-state index in [-0.39, 0.29) is 17.3 Å². The number of carboxylic acid groups (broad SMARTS) is 1. The van der Waals surface area contributed by atoms with E-state index < -0.39 is 17.9 Å². The predicted octanol–water partition coefficient (Wildman–Crippen LogP) is 1.85. The highest BCUT2D eigenvalue weighted by atomic mass is 35.5. The van der Waals surface area contributed by atoms with Crippen molar-refractivity contribution in [1.82, 2.24) is 5.32 Å². The number of benzene rings is 1.